The lowest BCUT2D eigenvalue weighted by Gasteiger charge is -2.24. The van der Waals surface area contributed by atoms with Gasteiger partial charge in [-0.2, -0.15) is 5.10 Å². The SMILES string of the molecule is COc1ccccc1NC(=O)c1cnn2c1NC(C(=O)O)=CC2c1ccc(F)cc1F. The van der Waals surface area contributed by atoms with Crippen LogP contribution in [0.25, 0.3) is 0 Å². The first-order valence-electron chi connectivity index (χ1n) is 9.08. The number of halogens is 2. The van der Waals surface area contributed by atoms with Crippen LogP contribution in [0.2, 0.25) is 0 Å². The fraction of sp³-hybridized carbons (Fsp3) is 0.0952. The summed E-state index contributed by atoms with van der Waals surface area (Å²) in [4.78, 5) is 24.5. The molecule has 1 aliphatic rings. The van der Waals surface area contributed by atoms with Crippen LogP contribution in [0, 0.1) is 11.6 Å². The number of aliphatic carboxylic acids is 1. The van der Waals surface area contributed by atoms with Crippen LogP contribution in [0.15, 0.2) is 60.4 Å². The fourth-order valence-corrected chi connectivity index (χ4v) is 3.29. The Labute approximate surface area is 174 Å². The molecule has 158 valence electrons. The summed E-state index contributed by atoms with van der Waals surface area (Å²) in [5.41, 5.74) is 0.168. The smallest absolute Gasteiger partial charge is 0.352 e. The van der Waals surface area contributed by atoms with Gasteiger partial charge in [-0.1, -0.05) is 18.2 Å². The largest absolute Gasteiger partial charge is 0.495 e. The van der Waals surface area contributed by atoms with Crippen molar-refractivity contribution in [2.45, 2.75) is 6.04 Å². The van der Waals surface area contributed by atoms with Crippen molar-refractivity contribution in [3.05, 3.63) is 83.2 Å². The minimum atomic E-state index is -1.31. The van der Waals surface area contributed by atoms with Crippen LogP contribution in [0.3, 0.4) is 0 Å². The Morgan fingerprint density at radius 3 is 2.71 bits per heavy atom. The zero-order valence-electron chi connectivity index (χ0n) is 16.1. The number of amides is 1. The third-order valence-electron chi connectivity index (χ3n) is 4.75. The molecule has 0 fully saturated rings. The molecule has 2 heterocycles. The van der Waals surface area contributed by atoms with Crippen LogP contribution in [0.5, 0.6) is 5.75 Å². The van der Waals surface area contributed by atoms with E-state index in [1.807, 2.05) is 0 Å². The number of nitrogens with one attached hydrogen (secondary N) is 2. The number of carboxylic acids is 1. The monoisotopic (exact) mass is 426 g/mol. The van der Waals surface area contributed by atoms with Crippen molar-refractivity contribution in [3.8, 4) is 5.75 Å². The molecule has 1 aromatic heterocycles. The van der Waals surface area contributed by atoms with E-state index in [1.165, 1.54) is 30.1 Å². The number of rotatable bonds is 5. The molecule has 1 atom stereocenters. The Morgan fingerprint density at radius 2 is 2.00 bits per heavy atom. The number of carbonyl (C=O) groups excluding carboxylic acids is 1. The first kappa shape index (κ1) is 20.1. The molecule has 0 saturated carbocycles. The number of anilines is 2. The lowest BCUT2D eigenvalue weighted by atomic mass is 10.0. The summed E-state index contributed by atoms with van der Waals surface area (Å²) in [6, 6.07) is 8.72. The highest BCUT2D eigenvalue weighted by atomic mass is 19.1. The average molecular weight is 426 g/mol. The molecule has 2 aromatic carbocycles. The lowest BCUT2D eigenvalue weighted by Crippen LogP contribution is -2.26. The Morgan fingerprint density at radius 1 is 1.23 bits per heavy atom. The molecular weight excluding hydrogens is 410 g/mol. The molecule has 0 aliphatic carbocycles. The fourth-order valence-electron chi connectivity index (χ4n) is 3.29. The van der Waals surface area contributed by atoms with Crippen LogP contribution in [0.1, 0.15) is 22.0 Å². The molecule has 3 aromatic rings. The molecule has 0 radical (unpaired) electrons. The quantitative estimate of drug-likeness (QED) is 0.578. The van der Waals surface area contributed by atoms with Gasteiger partial charge in [-0.3, -0.25) is 4.79 Å². The van der Waals surface area contributed by atoms with Gasteiger partial charge in [0.15, 0.2) is 0 Å². The molecule has 10 heteroatoms. The van der Waals surface area contributed by atoms with E-state index in [1.54, 1.807) is 24.3 Å². The number of carboxylic acid groups (broad SMARTS) is 1. The average Bonchev–Trinajstić information content (AvgIpc) is 3.18. The number of carbonyl (C=O) groups is 2. The predicted octanol–water partition coefficient (Wildman–Crippen LogP) is 3.41. The second kappa shape index (κ2) is 7.90. The molecule has 0 spiro atoms. The molecule has 3 N–H and O–H groups in total. The minimum Gasteiger partial charge on any atom is -0.495 e. The number of methoxy groups -OCH3 is 1. The maximum atomic E-state index is 14.4. The van der Waals surface area contributed by atoms with Gasteiger partial charge < -0.3 is 20.5 Å². The lowest BCUT2D eigenvalue weighted by molar-refractivity contribution is -0.132. The second-order valence-electron chi connectivity index (χ2n) is 6.63. The standard InChI is InChI=1S/C21H16F2N4O4/c1-31-18-5-3-2-4-15(18)26-20(28)13-10-24-27-17(9-16(21(29)30)25-19(13)27)12-7-6-11(22)8-14(12)23/h2-10,17,25H,1H3,(H,26,28)(H,29,30). The van der Waals surface area contributed by atoms with Gasteiger partial charge in [0.1, 0.15) is 40.5 Å². The van der Waals surface area contributed by atoms with Gasteiger partial charge in [-0.05, 0) is 24.3 Å². The van der Waals surface area contributed by atoms with Crippen LogP contribution >= 0.6 is 0 Å². The normalized spacial score (nSPS) is 14.8. The van der Waals surface area contributed by atoms with Crippen molar-refractivity contribution < 1.29 is 28.2 Å². The van der Waals surface area contributed by atoms with Crippen LogP contribution in [0.4, 0.5) is 20.3 Å². The predicted molar refractivity (Wildman–Crippen MR) is 107 cm³/mol. The number of fused-ring (bicyclic) bond motifs is 1. The highest BCUT2D eigenvalue weighted by Crippen LogP contribution is 2.34. The molecule has 31 heavy (non-hydrogen) atoms. The van der Waals surface area contributed by atoms with Gasteiger partial charge in [0, 0.05) is 11.6 Å². The number of ether oxygens (including phenoxy) is 1. The maximum Gasteiger partial charge on any atom is 0.352 e. The van der Waals surface area contributed by atoms with Gasteiger partial charge in [0.25, 0.3) is 5.91 Å². The van der Waals surface area contributed by atoms with E-state index in [4.69, 9.17) is 4.74 Å². The van der Waals surface area contributed by atoms with E-state index in [2.05, 4.69) is 15.7 Å². The van der Waals surface area contributed by atoms with Gasteiger partial charge in [0.05, 0.1) is 19.0 Å². The number of benzene rings is 2. The highest BCUT2D eigenvalue weighted by Gasteiger charge is 2.31. The number of aromatic nitrogens is 2. The molecule has 8 nitrogen and oxygen atoms in total. The summed E-state index contributed by atoms with van der Waals surface area (Å²) in [5.74, 6) is -3.04. The van der Waals surface area contributed by atoms with E-state index in [0.29, 0.717) is 17.5 Å². The summed E-state index contributed by atoms with van der Waals surface area (Å²) in [5, 5.41) is 19.0. The van der Waals surface area contributed by atoms with Crippen molar-refractivity contribution in [1.82, 2.24) is 9.78 Å². The van der Waals surface area contributed by atoms with Crippen molar-refractivity contribution >= 4 is 23.4 Å². The zero-order valence-corrected chi connectivity index (χ0v) is 16.1. The molecular formula is C21H16F2N4O4. The summed E-state index contributed by atoms with van der Waals surface area (Å²) < 4.78 is 34.2. The van der Waals surface area contributed by atoms with Crippen molar-refractivity contribution in [1.29, 1.82) is 0 Å². The first-order valence-corrected chi connectivity index (χ1v) is 9.08. The van der Waals surface area contributed by atoms with Gasteiger partial charge in [-0.25, -0.2) is 18.3 Å². The molecule has 1 unspecified atom stereocenters. The Kier molecular flexibility index (Phi) is 5.12. The highest BCUT2D eigenvalue weighted by molar-refractivity contribution is 6.09. The first-order chi connectivity index (χ1) is 14.9. The second-order valence-corrected chi connectivity index (χ2v) is 6.63. The summed E-state index contributed by atoms with van der Waals surface area (Å²) in [7, 11) is 1.46. The number of para-hydroxylation sites is 2. The Bertz CT molecular complexity index is 1220. The molecule has 4 rings (SSSR count). The van der Waals surface area contributed by atoms with Crippen molar-refractivity contribution in [3.63, 3.8) is 0 Å². The van der Waals surface area contributed by atoms with Gasteiger partial charge in [-0.15, -0.1) is 0 Å². The number of allylic oxidation sites excluding steroid dienone is 1. The van der Waals surface area contributed by atoms with Crippen molar-refractivity contribution in [2.24, 2.45) is 0 Å². The van der Waals surface area contributed by atoms with Crippen LogP contribution in [-0.2, 0) is 4.79 Å². The number of hydrogen-bond acceptors (Lipinski definition) is 5. The van der Waals surface area contributed by atoms with Crippen LogP contribution in [-0.4, -0.2) is 33.9 Å². The third kappa shape index (κ3) is 3.70. The summed E-state index contributed by atoms with van der Waals surface area (Å²) in [6.07, 6.45) is 2.47. The molecule has 1 amide bonds. The topological polar surface area (TPSA) is 105 Å². The van der Waals surface area contributed by atoms with Gasteiger partial charge >= 0.3 is 5.97 Å². The zero-order chi connectivity index (χ0) is 22.1. The Hall–Kier alpha value is -4.21. The van der Waals surface area contributed by atoms with E-state index >= 15 is 0 Å². The van der Waals surface area contributed by atoms with E-state index < -0.39 is 29.6 Å². The Balaban J connectivity index is 1.75. The molecule has 1 aliphatic heterocycles. The van der Waals surface area contributed by atoms with Gasteiger partial charge in [0.2, 0.25) is 0 Å². The van der Waals surface area contributed by atoms with E-state index in [9.17, 15) is 23.5 Å². The van der Waals surface area contributed by atoms with Crippen LogP contribution < -0.4 is 15.4 Å². The molecule has 0 bridgehead atoms. The van der Waals surface area contributed by atoms with Crippen molar-refractivity contribution in [2.75, 3.05) is 17.7 Å². The van der Waals surface area contributed by atoms with E-state index in [0.717, 1.165) is 6.07 Å². The molecule has 0 saturated heterocycles. The summed E-state index contributed by atoms with van der Waals surface area (Å²) in [6.45, 7) is 0. The summed E-state index contributed by atoms with van der Waals surface area (Å²) >= 11 is 0. The number of hydrogen-bond donors (Lipinski definition) is 3. The number of nitrogens with zero attached hydrogens (tertiary/aromatic N) is 2. The van der Waals surface area contributed by atoms with E-state index in [-0.39, 0.29) is 22.6 Å². The maximum absolute atomic E-state index is 14.4. The minimum absolute atomic E-state index is 0.00249. The third-order valence-corrected chi connectivity index (χ3v) is 4.75.